The average Bonchev–Trinajstić information content (AvgIpc) is 2.41. The highest BCUT2D eigenvalue weighted by Gasteiger charge is 2.18. The van der Waals surface area contributed by atoms with Gasteiger partial charge >= 0.3 is 0 Å². The molecule has 0 amide bonds. The summed E-state index contributed by atoms with van der Waals surface area (Å²) in [5.74, 6) is -0.363. The molecule has 0 fully saturated rings. The van der Waals surface area contributed by atoms with Gasteiger partial charge in [-0.15, -0.1) is 0 Å². The van der Waals surface area contributed by atoms with Gasteiger partial charge in [-0.05, 0) is 26.0 Å². The molecule has 0 unspecified atom stereocenters. The fourth-order valence-corrected chi connectivity index (χ4v) is 2.40. The van der Waals surface area contributed by atoms with E-state index in [4.69, 9.17) is 58.0 Å². The molecule has 0 saturated carbocycles. The van der Waals surface area contributed by atoms with Crippen molar-refractivity contribution < 1.29 is 5.11 Å². The molecule has 1 aromatic heterocycles. The van der Waals surface area contributed by atoms with Crippen molar-refractivity contribution in [2.75, 3.05) is 0 Å². The van der Waals surface area contributed by atoms with Crippen LogP contribution in [0.25, 0.3) is 0 Å². The molecular formula is C13H10Cl5NO. The molecule has 0 spiro atoms. The van der Waals surface area contributed by atoms with E-state index in [9.17, 15) is 5.11 Å². The van der Waals surface area contributed by atoms with Crippen LogP contribution in [0, 0.1) is 13.8 Å². The second kappa shape index (κ2) is 7.58. The summed E-state index contributed by atoms with van der Waals surface area (Å²) in [5, 5.41) is 9.01. The van der Waals surface area contributed by atoms with Gasteiger partial charge in [-0.1, -0.05) is 64.1 Å². The molecule has 1 heterocycles. The zero-order valence-electron chi connectivity index (χ0n) is 10.5. The second-order valence-corrected chi connectivity index (χ2v) is 5.73. The van der Waals surface area contributed by atoms with Crippen LogP contribution in [0.15, 0.2) is 18.2 Å². The number of phenolic OH excluding ortho intramolecular Hbond substituents is 1. The van der Waals surface area contributed by atoms with Gasteiger partial charge in [0, 0.05) is 11.4 Å². The molecule has 0 aliphatic carbocycles. The van der Waals surface area contributed by atoms with Crippen molar-refractivity contribution in [3.8, 4) is 5.75 Å². The van der Waals surface area contributed by atoms with Crippen molar-refractivity contribution in [2.24, 2.45) is 0 Å². The average molecular weight is 373 g/mol. The Morgan fingerprint density at radius 1 is 0.750 bits per heavy atom. The molecule has 0 aliphatic heterocycles. The molecule has 108 valence electrons. The first-order valence-electron chi connectivity index (χ1n) is 5.36. The minimum atomic E-state index is -0.363. The fourth-order valence-electron chi connectivity index (χ4n) is 1.27. The number of hydrogen-bond acceptors (Lipinski definition) is 2. The number of benzene rings is 1. The van der Waals surface area contributed by atoms with Crippen LogP contribution in [-0.4, -0.2) is 10.1 Å². The SMILES string of the molecule is Cc1cccc(C)n1.Oc1c(Cl)c(Cl)c(Cl)c(Cl)c1Cl. The first-order chi connectivity index (χ1) is 9.25. The lowest BCUT2D eigenvalue weighted by atomic mass is 10.3. The standard InChI is InChI=1S/C7H9N.C6HCl5O/c1-6-4-3-5-7(2)8-6;7-1-2(8)4(10)6(12)5(11)3(1)9/h3-5H,1-2H3;12H. The smallest absolute Gasteiger partial charge is 0.155 e. The van der Waals surface area contributed by atoms with Gasteiger partial charge < -0.3 is 5.11 Å². The summed E-state index contributed by atoms with van der Waals surface area (Å²) in [5.41, 5.74) is 2.18. The first-order valence-corrected chi connectivity index (χ1v) is 7.25. The third kappa shape index (κ3) is 4.31. The summed E-state index contributed by atoms with van der Waals surface area (Å²) < 4.78 is 0. The van der Waals surface area contributed by atoms with E-state index in [1.165, 1.54) is 0 Å². The Hall–Kier alpha value is -0.380. The Bertz CT molecular complexity index is 508. The Morgan fingerprint density at radius 3 is 1.40 bits per heavy atom. The first kappa shape index (κ1) is 17.7. The van der Waals surface area contributed by atoms with Gasteiger partial charge in [-0.3, -0.25) is 4.98 Å². The van der Waals surface area contributed by atoms with Gasteiger partial charge in [0.15, 0.2) is 5.75 Å². The molecule has 20 heavy (non-hydrogen) atoms. The number of hydrogen-bond donors (Lipinski definition) is 1. The van der Waals surface area contributed by atoms with E-state index in [0.717, 1.165) is 11.4 Å². The molecule has 2 nitrogen and oxygen atoms in total. The van der Waals surface area contributed by atoms with Crippen molar-refractivity contribution in [3.05, 3.63) is 54.7 Å². The summed E-state index contributed by atoms with van der Waals surface area (Å²) in [6.07, 6.45) is 0. The Balaban J connectivity index is 0.000000217. The molecule has 1 aromatic carbocycles. The third-order valence-electron chi connectivity index (χ3n) is 2.21. The van der Waals surface area contributed by atoms with Gasteiger partial charge in [-0.25, -0.2) is 0 Å². The Labute approximate surface area is 142 Å². The molecule has 2 aromatic rings. The predicted octanol–water partition coefficient (Wildman–Crippen LogP) is 6.36. The molecule has 0 aliphatic rings. The van der Waals surface area contributed by atoms with Crippen LogP contribution in [0.5, 0.6) is 5.75 Å². The number of pyridine rings is 1. The lowest BCUT2D eigenvalue weighted by molar-refractivity contribution is 0.476. The number of aryl methyl sites for hydroxylation is 2. The van der Waals surface area contributed by atoms with Crippen LogP contribution < -0.4 is 0 Å². The highest BCUT2D eigenvalue weighted by atomic mass is 35.5. The van der Waals surface area contributed by atoms with Crippen molar-refractivity contribution >= 4 is 58.0 Å². The summed E-state index contributed by atoms with van der Waals surface area (Å²) in [6, 6.07) is 6.00. The molecular weight excluding hydrogens is 363 g/mol. The number of phenols is 1. The van der Waals surface area contributed by atoms with Crippen LogP contribution in [0.2, 0.25) is 25.1 Å². The van der Waals surface area contributed by atoms with Gasteiger partial charge in [0.05, 0.1) is 15.1 Å². The van der Waals surface area contributed by atoms with E-state index in [1.807, 2.05) is 32.0 Å². The fraction of sp³-hybridized carbons (Fsp3) is 0.154. The van der Waals surface area contributed by atoms with Crippen LogP contribution in [0.3, 0.4) is 0 Å². The maximum absolute atomic E-state index is 9.20. The van der Waals surface area contributed by atoms with E-state index in [0.29, 0.717) is 0 Å². The van der Waals surface area contributed by atoms with E-state index in [1.54, 1.807) is 0 Å². The number of nitrogens with zero attached hydrogens (tertiary/aromatic N) is 1. The maximum Gasteiger partial charge on any atom is 0.155 e. The molecule has 0 saturated heterocycles. The summed E-state index contributed by atoms with van der Waals surface area (Å²) >= 11 is 27.9. The lowest BCUT2D eigenvalue weighted by Crippen LogP contribution is -1.81. The molecule has 0 radical (unpaired) electrons. The van der Waals surface area contributed by atoms with Crippen LogP contribution >= 0.6 is 58.0 Å². The van der Waals surface area contributed by atoms with Gasteiger partial charge in [0.2, 0.25) is 0 Å². The summed E-state index contributed by atoms with van der Waals surface area (Å²) in [7, 11) is 0. The van der Waals surface area contributed by atoms with Crippen molar-refractivity contribution in [1.82, 2.24) is 4.98 Å². The normalized spacial score (nSPS) is 9.95. The minimum Gasteiger partial charge on any atom is -0.505 e. The lowest BCUT2D eigenvalue weighted by Gasteiger charge is -2.06. The number of aromatic hydroxyl groups is 1. The highest BCUT2D eigenvalue weighted by molar-refractivity contribution is 6.55. The largest absolute Gasteiger partial charge is 0.505 e. The monoisotopic (exact) mass is 371 g/mol. The van der Waals surface area contributed by atoms with Gasteiger partial charge in [-0.2, -0.15) is 0 Å². The highest BCUT2D eigenvalue weighted by Crippen LogP contribution is 2.47. The number of halogens is 5. The quantitative estimate of drug-likeness (QED) is 0.431. The molecule has 0 atom stereocenters. The van der Waals surface area contributed by atoms with Crippen LogP contribution in [0.4, 0.5) is 0 Å². The zero-order valence-corrected chi connectivity index (χ0v) is 14.3. The summed E-state index contributed by atoms with van der Waals surface area (Å²) in [4.78, 5) is 4.17. The molecule has 1 N–H and O–H groups in total. The van der Waals surface area contributed by atoms with E-state index < -0.39 is 0 Å². The summed E-state index contributed by atoms with van der Waals surface area (Å²) in [6.45, 7) is 3.99. The van der Waals surface area contributed by atoms with Crippen molar-refractivity contribution in [2.45, 2.75) is 13.8 Å². The van der Waals surface area contributed by atoms with Crippen molar-refractivity contribution in [3.63, 3.8) is 0 Å². The van der Waals surface area contributed by atoms with E-state index >= 15 is 0 Å². The van der Waals surface area contributed by atoms with Crippen LogP contribution in [-0.2, 0) is 0 Å². The molecule has 7 heteroatoms. The minimum absolute atomic E-state index is 0.00904. The van der Waals surface area contributed by atoms with E-state index in [2.05, 4.69) is 4.98 Å². The Kier molecular flexibility index (Phi) is 6.70. The molecule has 0 bridgehead atoms. The predicted molar refractivity (Wildman–Crippen MR) is 86.9 cm³/mol. The second-order valence-electron chi connectivity index (χ2n) is 3.84. The van der Waals surface area contributed by atoms with Gasteiger partial charge in [0.25, 0.3) is 0 Å². The molecule has 2 rings (SSSR count). The Morgan fingerprint density at radius 2 is 1.10 bits per heavy atom. The maximum atomic E-state index is 9.20. The van der Waals surface area contributed by atoms with Crippen molar-refractivity contribution in [1.29, 1.82) is 0 Å². The van der Waals surface area contributed by atoms with Gasteiger partial charge in [0.1, 0.15) is 10.0 Å². The topological polar surface area (TPSA) is 33.1 Å². The van der Waals surface area contributed by atoms with Crippen LogP contribution in [0.1, 0.15) is 11.4 Å². The third-order valence-corrected chi connectivity index (χ3v) is 4.47. The zero-order chi connectivity index (χ0) is 15.4. The number of aromatic nitrogens is 1. The number of rotatable bonds is 0. The van der Waals surface area contributed by atoms with E-state index in [-0.39, 0.29) is 30.9 Å².